The zero-order valence-corrected chi connectivity index (χ0v) is 34.5. The van der Waals surface area contributed by atoms with Gasteiger partial charge in [-0.2, -0.15) is 0 Å². The Bertz CT molecular complexity index is 1550. The van der Waals surface area contributed by atoms with E-state index in [1.54, 1.807) is 11.8 Å². The monoisotopic (exact) mass is 828 g/mol. The van der Waals surface area contributed by atoms with Gasteiger partial charge in [-0.25, -0.2) is 0 Å². The van der Waals surface area contributed by atoms with Crippen LogP contribution in [0.15, 0.2) is 65.6 Å². The molecule has 8 heteroatoms. The molecule has 0 spiro atoms. The maximum absolute atomic E-state index is 12.6. The lowest BCUT2D eigenvalue weighted by Gasteiger charge is -2.20. The van der Waals surface area contributed by atoms with Gasteiger partial charge in [0.25, 0.3) is 0 Å². The Kier molecular flexibility index (Phi) is 16.5. The van der Waals surface area contributed by atoms with E-state index >= 15 is 0 Å². The minimum absolute atomic E-state index is 0.134. The number of halogens is 1. The Morgan fingerprint density at radius 3 is 1.63 bits per heavy atom. The first-order chi connectivity index (χ1) is 24.5. The van der Waals surface area contributed by atoms with Gasteiger partial charge in [0.1, 0.15) is 11.5 Å². The van der Waals surface area contributed by atoms with E-state index in [-0.39, 0.29) is 23.8 Å². The Hall–Kier alpha value is -2.72. The third-order valence-electron chi connectivity index (χ3n) is 9.07. The number of esters is 2. The van der Waals surface area contributed by atoms with Crippen molar-refractivity contribution in [2.75, 3.05) is 32.7 Å². The van der Waals surface area contributed by atoms with E-state index in [1.165, 1.54) is 30.6 Å². The highest BCUT2D eigenvalue weighted by Gasteiger charge is 2.27. The molecule has 3 aromatic rings. The first-order valence-corrected chi connectivity index (χ1v) is 21.0. The summed E-state index contributed by atoms with van der Waals surface area (Å²) in [6, 6.07) is 20.9. The van der Waals surface area contributed by atoms with Gasteiger partial charge < -0.3 is 18.9 Å². The van der Waals surface area contributed by atoms with E-state index in [0.717, 1.165) is 69.3 Å². The largest absolute Gasteiger partial charge is 0.493 e. The summed E-state index contributed by atoms with van der Waals surface area (Å²) in [7, 11) is 0. The van der Waals surface area contributed by atoms with E-state index in [0.29, 0.717) is 31.0 Å². The van der Waals surface area contributed by atoms with E-state index in [1.807, 2.05) is 32.0 Å². The molecule has 5 rings (SSSR count). The van der Waals surface area contributed by atoms with Crippen LogP contribution in [0.25, 0.3) is 11.1 Å². The summed E-state index contributed by atoms with van der Waals surface area (Å²) in [6.45, 7) is 14.6. The summed E-state index contributed by atoms with van der Waals surface area (Å²) < 4.78 is 23.9. The zero-order chi connectivity index (χ0) is 36.9. The van der Waals surface area contributed by atoms with Gasteiger partial charge in [-0.05, 0) is 152 Å². The zero-order valence-electron chi connectivity index (χ0n) is 31.5. The van der Waals surface area contributed by atoms with Crippen LogP contribution in [-0.2, 0) is 19.1 Å². The van der Waals surface area contributed by atoms with Crippen LogP contribution in [0.2, 0.25) is 0 Å². The summed E-state index contributed by atoms with van der Waals surface area (Å²) in [5, 5.41) is 0. The highest BCUT2D eigenvalue weighted by atomic mass is 127. The van der Waals surface area contributed by atoms with Crippen LogP contribution >= 0.6 is 34.4 Å². The number of ether oxygens (including phenoxy) is 4. The molecule has 6 nitrogen and oxygen atoms in total. The number of hydrogen-bond acceptors (Lipinski definition) is 7. The van der Waals surface area contributed by atoms with Crippen LogP contribution in [0.1, 0.15) is 103 Å². The molecule has 2 fully saturated rings. The number of benzene rings is 3. The normalized spacial score (nSPS) is 15.1. The predicted octanol–water partition coefficient (Wildman–Crippen LogP) is 11.3. The summed E-state index contributed by atoms with van der Waals surface area (Å²) >= 11 is 4.02. The van der Waals surface area contributed by atoms with Gasteiger partial charge >= 0.3 is 11.9 Å². The Balaban J connectivity index is 0.000000238. The summed E-state index contributed by atoms with van der Waals surface area (Å²) in [5.74, 6) is 3.23. The van der Waals surface area contributed by atoms with E-state index in [9.17, 15) is 9.59 Å². The molecule has 278 valence electrons. The standard InChI is InChI=1S/C25H32O3S.C18H25IO3/c1-5-27-25(26)23(14-17(2)3)20-10-13-22(19-8-11-21(29-4)12-9-19)24(15-20)28-16-18-6-7-18;1-4-21-18(20)15(9-12(2)3)14-7-8-16(19)17(10-14)22-11-13-5-6-13/h8-13,15,17-18,23H,5-7,14,16H2,1-4H3;7-8,10,12-13,15H,4-6,9,11H2,1-3H3. The lowest BCUT2D eigenvalue weighted by molar-refractivity contribution is -0.146. The average molecular weight is 829 g/mol. The first-order valence-electron chi connectivity index (χ1n) is 18.7. The van der Waals surface area contributed by atoms with E-state index in [2.05, 4.69) is 99.0 Å². The van der Waals surface area contributed by atoms with Gasteiger partial charge in [0.2, 0.25) is 0 Å². The fourth-order valence-electron chi connectivity index (χ4n) is 5.88. The second-order valence-electron chi connectivity index (χ2n) is 14.6. The Morgan fingerprint density at radius 2 is 1.18 bits per heavy atom. The van der Waals surface area contributed by atoms with Crippen molar-refractivity contribution >= 4 is 46.3 Å². The van der Waals surface area contributed by atoms with Crippen LogP contribution in [-0.4, -0.2) is 44.6 Å². The molecule has 0 saturated heterocycles. The second-order valence-corrected chi connectivity index (χ2v) is 16.6. The van der Waals surface area contributed by atoms with Crippen molar-refractivity contribution in [3.05, 3.63) is 75.4 Å². The molecule has 3 aromatic carbocycles. The molecule has 2 atom stereocenters. The van der Waals surface area contributed by atoms with Crippen molar-refractivity contribution < 1.29 is 28.5 Å². The molecule has 0 aliphatic heterocycles. The molecule has 2 saturated carbocycles. The highest BCUT2D eigenvalue weighted by Crippen LogP contribution is 2.38. The van der Waals surface area contributed by atoms with Gasteiger partial charge in [-0.3, -0.25) is 9.59 Å². The van der Waals surface area contributed by atoms with Gasteiger partial charge in [0, 0.05) is 10.5 Å². The summed E-state index contributed by atoms with van der Waals surface area (Å²) in [5.41, 5.74) is 4.19. The topological polar surface area (TPSA) is 71.1 Å². The van der Waals surface area contributed by atoms with Gasteiger partial charge in [0.05, 0.1) is 41.8 Å². The lowest BCUT2D eigenvalue weighted by Crippen LogP contribution is -2.18. The van der Waals surface area contributed by atoms with Crippen molar-refractivity contribution in [3.63, 3.8) is 0 Å². The molecule has 2 aliphatic carbocycles. The number of carbonyl (C=O) groups excluding carboxylic acids is 2. The fraction of sp³-hybridized carbons (Fsp3) is 0.535. The van der Waals surface area contributed by atoms with Crippen molar-refractivity contribution in [1.29, 1.82) is 0 Å². The van der Waals surface area contributed by atoms with Crippen LogP contribution in [0, 0.1) is 27.2 Å². The molecule has 2 unspecified atom stereocenters. The van der Waals surface area contributed by atoms with Crippen molar-refractivity contribution in [2.24, 2.45) is 23.7 Å². The Labute approximate surface area is 324 Å². The third-order valence-corrected chi connectivity index (χ3v) is 10.7. The van der Waals surface area contributed by atoms with Crippen LogP contribution in [0.5, 0.6) is 11.5 Å². The van der Waals surface area contributed by atoms with Gasteiger partial charge in [-0.15, -0.1) is 11.8 Å². The molecular formula is C43H57IO6S. The van der Waals surface area contributed by atoms with Gasteiger partial charge in [0.15, 0.2) is 0 Å². The lowest BCUT2D eigenvalue weighted by atomic mass is 9.89. The highest BCUT2D eigenvalue weighted by molar-refractivity contribution is 14.1. The van der Waals surface area contributed by atoms with Crippen LogP contribution in [0.4, 0.5) is 0 Å². The molecule has 0 aromatic heterocycles. The fourth-order valence-corrected chi connectivity index (χ4v) is 6.78. The van der Waals surface area contributed by atoms with Crippen LogP contribution < -0.4 is 9.47 Å². The van der Waals surface area contributed by atoms with Crippen LogP contribution in [0.3, 0.4) is 0 Å². The minimum atomic E-state index is -0.258. The molecule has 0 bridgehead atoms. The molecule has 0 amide bonds. The predicted molar refractivity (Wildman–Crippen MR) is 217 cm³/mol. The maximum atomic E-state index is 12.6. The van der Waals surface area contributed by atoms with Crippen molar-refractivity contribution in [3.8, 4) is 22.6 Å². The molecule has 0 radical (unpaired) electrons. The quantitative estimate of drug-likeness (QED) is 0.0718. The molecule has 0 N–H and O–H groups in total. The summed E-state index contributed by atoms with van der Waals surface area (Å²) in [4.78, 5) is 26.2. The number of carbonyl (C=O) groups is 2. The van der Waals surface area contributed by atoms with Gasteiger partial charge in [-0.1, -0.05) is 58.0 Å². The minimum Gasteiger partial charge on any atom is -0.493 e. The third kappa shape index (κ3) is 13.3. The smallest absolute Gasteiger partial charge is 0.313 e. The SMILES string of the molecule is CCOC(=O)C(CC(C)C)c1ccc(-c2ccc(SC)cc2)c(OCC2CC2)c1.CCOC(=O)C(CC(C)C)c1ccc(I)c(OCC2CC2)c1. The average Bonchev–Trinajstić information content (AvgIpc) is 4.05. The summed E-state index contributed by atoms with van der Waals surface area (Å²) in [6.07, 6.45) is 8.68. The van der Waals surface area contributed by atoms with Crippen molar-refractivity contribution in [1.82, 2.24) is 0 Å². The Morgan fingerprint density at radius 1 is 0.706 bits per heavy atom. The maximum Gasteiger partial charge on any atom is 0.313 e. The van der Waals surface area contributed by atoms with E-state index in [4.69, 9.17) is 18.9 Å². The number of thioether (sulfide) groups is 1. The molecular weight excluding hydrogens is 771 g/mol. The van der Waals surface area contributed by atoms with E-state index < -0.39 is 0 Å². The molecule has 0 heterocycles. The first kappa shape index (κ1) is 41.0. The molecule has 2 aliphatic rings. The number of hydrogen-bond donors (Lipinski definition) is 0. The molecule has 51 heavy (non-hydrogen) atoms. The van der Waals surface area contributed by atoms with Crippen molar-refractivity contribution in [2.45, 2.75) is 96.8 Å². The number of rotatable bonds is 18. The second kappa shape index (κ2) is 20.5.